The predicted molar refractivity (Wildman–Crippen MR) is 58.4 cm³/mol. The van der Waals surface area contributed by atoms with E-state index < -0.39 is 0 Å². The van der Waals surface area contributed by atoms with Crippen molar-refractivity contribution in [1.82, 2.24) is 4.98 Å². The van der Waals surface area contributed by atoms with Gasteiger partial charge in [-0.25, -0.2) is 0 Å². The summed E-state index contributed by atoms with van der Waals surface area (Å²) in [5.74, 6) is 0. The van der Waals surface area contributed by atoms with Crippen molar-refractivity contribution in [3.8, 4) is 0 Å². The highest BCUT2D eigenvalue weighted by Gasteiger charge is 2.00. The van der Waals surface area contributed by atoms with Gasteiger partial charge in [-0.3, -0.25) is 4.79 Å². The second-order valence-corrected chi connectivity index (χ2v) is 3.32. The fourth-order valence-electron chi connectivity index (χ4n) is 1.55. The molecule has 1 aromatic heterocycles. The molecular weight excluding hydrogens is 176 g/mol. The number of hydrogen-bond donors (Lipinski definition) is 2. The van der Waals surface area contributed by atoms with Crippen LogP contribution >= 0.6 is 0 Å². The molecule has 3 heteroatoms. The zero-order valence-electron chi connectivity index (χ0n) is 8.00. The summed E-state index contributed by atoms with van der Waals surface area (Å²) in [4.78, 5) is 13.9. The van der Waals surface area contributed by atoms with E-state index in [1.165, 1.54) is 11.6 Å². The minimum atomic E-state index is -0.153. The summed E-state index contributed by atoms with van der Waals surface area (Å²) in [6.07, 6.45) is 0.967. The van der Waals surface area contributed by atoms with E-state index in [1.54, 1.807) is 0 Å². The number of aromatic amines is 1. The quantitative estimate of drug-likeness (QED) is 0.715. The third-order valence-corrected chi connectivity index (χ3v) is 2.35. The lowest BCUT2D eigenvalue weighted by Gasteiger charge is -2.03. The van der Waals surface area contributed by atoms with Crippen LogP contribution in [0.3, 0.4) is 0 Å². The van der Waals surface area contributed by atoms with Gasteiger partial charge >= 0.3 is 0 Å². The van der Waals surface area contributed by atoms with Gasteiger partial charge in [-0.15, -0.1) is 0 Å². The summed E-state index contributed by atoms with van der Waals surface area (Å²) in [6.45, 7) is 2.09. The number of nitrogens with two attached hydrogens (primary N) is 1. The normalized spacial score (nSPS) is 10.6. The highest BCUT2D eigenvalue weighted by atomic mass is 16.1. The van der Waals surface area contributed by atoms with Crippen molar-refractivity contribution in [2.45, 2.75) is 13.3 Å². The van der Waals surface area contributed by atoms with E-state index in [1.807, 2.05) is 18.2 Å². The zero-order chi connectivity index (χ0) is 10.1. The SMILES string of the molecule is CCc1ccc2[nH]c(=O)cc(N)c2c1. The van der Waals surface area contributed by atoms with Crippen LogP contribution in [-0.4, -0.2) is 4.98 Å². The number of rotatable bonds is 1. The van der Waals surface area contributed by atoms with Crippen LogP contribution in [0.1, 0.15) is 12.5 Å². The first kappa shape index (κ1) is 8.81. The lowest BCUT2D eigenvalue weighted by molar-refractivity contribution is 1.14. The summed E-state index contributed by atoms with van der Waals surface area (Å²) in [6, 6.07) is 7.33. The van der Waals surface area contributed by atoms with E-state index in [-0.39, 0.29) is 5.56 Å². The molecule has 0 bridgehead atoms. The molecule has 0 radical (unpaired) electrons. The van der Waals surface area contributed by atoms with Crippen LogP contribution < -0.4 is 11.3 Å². The molecule has 0 saturated heterocycles. The van der Waals surface area contributed by atoms with Gasteiger partial charge in [0.15, 0.2) is 0 Å². The highest BCUT2D eigenvalue weighted by Crippen LogP contribution is 2.18. The van der Waals surface area contributed by atoms with Crippen LogP contribution in [0, 0.1) is 0 Å². The largest absolute Gasteiger partial charge is 0.398 e. The maximum absolute atomic E-state index is 11.1. The third kappa shape index (κ3) is 1.37. The van der Waals surface area contributed by atoms with Crippen molar-refractivity contribution in [2.75, 3.05) is 5.73 Å². The fourth-order valence-corrected chi connectivity index (χ4v) is 1.55. The Morgan fingerprint density at radius 1 is 1.36 bits per heavy atom. The first-order chi connectivity index (χ1) is 6.70. The van der Waals surface area contributed by atoms with Gasteiger partial charge in [-0.2, -0.15) is 0 Å². The van der Waals surface area contributed by atoms with E-state index in [4.69, 9.17) is 5.73 Å². The van der Waals surface area contributed by atoms with E-state index in [0.29, 0.717) is 5.69 Å². The summed E-state index contributed by atoms with van der Waals surface area (Å²) >= 11 is 0. The highest BCUT2D eigenvalue weighted by molar-refractivity contribution is 5.90. The smallest absolute Gasteiger partial charge is 0.250 e. The summed E-state index contributed by atoms with van der Waals surface area (Å²) in [5.41, 5.74) is 8.17. The molecule has 3 nitrogen and oxygen atoms in total. The minimum absolute atomic E-state index is 0.153. The molecule has 14 heavy (non-hydrogen) atoms. The second kappa shape index (κ2) is 3.18. The molecule has 0 aliphatic heterocycles. The number of benzene rings is 1. The van der Waals surface area contributed by atoms with Crippen molar-refractivity contribution in [3.05, 3.63) is 40.2 Å². The third-order valence-electron chi connectivity index (χ3n) is 2.35. The van der Waals surface area contributed by atoms with Crippen LogP contribution in [0.4, 0.5) is 5.69 Å². The van der Waals surface area contributed by atoms with Crippen LogP contribution in [0.15, 0.2) is 29.1 Å². The van der Waals surface area contributed by atoms with Crippen LogP contribution in [0.5, 0.6) is 0 Å². The van der Waals surface area contributed by atoms with Crippen LogP contribution in [-0.2, 0) is 6.42 Å². The Balaban J connectivity index is 2.82. The standard InChI is InChI=1S/C11H12N2O/c1-2-7-3-4-10-8(5-7)9(12)6-11(14)13-10/h3-6H,2H2,1H3,(H3,12,13,14). The number of fused-ring (bicyclic) bond motifs is 1. The van der Waals surface area contributed by atoms with Gasteiger partial charge in [0.2, 0.25) is 5.56 Å². The molecule has 0 amide bonds. The topological polar surface area (TPSA) is 58.9 Å². The molecule has 0 spiro atoms. The number of hydrogen-bond acceptors (Lipinski definition) is 2. The number of aryl methyl sites for hydroxylation is 1. The number of nitrogens with one attached hydrogen (secondary N) is 1. The first-order valence-corrected chi connectivity index (χ1v) is 4.62. The van der Waals surface area contributed by atoms with Gasteiger partial charge in [0, 0.05) is 17.1 Å². The van der Waals surface area contributed by atoms with Crippen molar-refractivity contribution < 1.29 is 0 Å². The van der Waals surface area contributed by atoms with E-state index in [2.05, 4.69) is 11.9 Å². The second-order valence-electron chi connectivity index (χ2n) is 3.32. The number of H-pyrrole nitrogens is 1. The Morgan fingerprint density at radius 3 is 2.86 bits per heavy atom. The molecular formula is C11H12N2O. The van der Waals surface area contributed by atoms with Crippen molar-refractivity contribution in [3.63, 3.8) is 0 Å². The Labute approximate surface area is 81.6 Å². The lowest BCUT2D eigenvalue weighted by atomic mass is 10.1. The van der Waals surface area contributed by atoms with Crippen LogP contribution in [0.2, 0.25) is 0 Å². The molecule has 0 atom stereocenters. The Morgan fingerprint density at radius 2 is 2.14 bits per heavy atom. The summed E-state index contributed by atoms with van der Waals surface area (Å²) in [7, 11) is 0. The van der Waals surface area contributed by atoms with Crippen molar-refractivity contribution in [2.24, 2.45) is 0 Å². The number of anilines is 1. The van der Waals surface area contributed by atoms with Gasteiger partial charge < -0.3 is 10.7 Å². The zero-order valence-corrected chi connectivity index (χ0v) is 8.00. The Hall–Kier alpha value is -1.77. The molecule has 0 aliphatic carbocycles. The minimum Gasteiger partial charge on any atom is -0.398 e. The molecule has 0 fully saturated rings. The molecule has 0 saturated carbocycles. The van der Waals surface area contributed by atoms with E-state index >= 15 is 0 Å². The first-order valence-electron chi connectivity index (χ1n) is 4.62. The van der Waals surface area contributed by atoms with Gasteiger partial charge in [0.25, 0.3) is 0 Å². The molecule has 72 valence electrons. The molecule has 0 unspecified atom stereocenters. The Bertz CT molecular complexity index is 528. The lowest BCUT2D eigenvalue weighted by Crippen LogP contribution is -2.06. The van der Waals surface area contributed by atoms with E-state index in [9.17, 15) is 4.79 Å². The number of aromatic nitrogens is 1. The summed E-state index contributed by atoms with van der Waals surface area (Å²) < 4.78 is 0. The monoisotopic (exact) mass is 188 g/mol. The molecule has 3 N–H and O–H groups in total. The molecule has 1 heterocycles. The van der Waals surface area contributed by atoms with Gasteiger partial charge in [-0.05, 0) is 24.1 Å². The van der Waals surface area contributed by atoms with Crippen molar-refractivity contribution >= 4 is 16.6 Å². The maximum atomic E-state index is 11.1. The molecule has 2 rings (SSSR count). The average molecular weight is 188 g/mol. The average Bonchev–Trinajstić information content (AvgIpc) is 2.17. The predicted octanol–water partition coefficient (Wildman–Crippen LogP) is 1.67. The Kier molecular flexibility index (Phi) is 2.00. The molecule has 1 aromatic carbocycles. The fraction of sp³-hybridized carbons (Fsp3) is 0.182. The molecule has 0 aliphatic rings. The van der Waals surface area contributed by atoms with Gasteiger partial charge in [-0.1, -0.05) is 13.0 Å². The molecule has 2 aromatic rings. The summed E-state index contributed by atoms with van der Waals surface area (Å²) in [5, 5.41) is 0.920. The van der Waals surface area contributed by atoms with E-state index in [0.717, 1.165) is 17.3 Å². The maximum Gasteiger partial charge on any atom is 0.250 e. The van der Waals surface area contributed by atoms with Crippen LogP contribution in [0.25, 0.3) is 10.9 Å². The van der Waals surface area contributed by atoms with Crippen molar-refractivity contribution in [1.29, 1.82) is 0 Å². The number of nitrogen functional groups attached to an aromatic ring is 1. The van der Waals surface area contributed by atoms with Gasteiger partial charge in [0.05, 0.1) is 5.52 Å². The number of pyridine rings is 1. The van der Waals surface area contributed by atoms with Gasteiger partial charge in [0.1, 0.15) is 0 Å².